The average molecular weight is 277 g/mol. The van der Waals surface area contributed by atoms with Gasteiger partial charge in [0.25, 0.3) is 0 Å². The first-order chi connectivity index (χ1) is 9.78. The highest BCUT2D eigenvalue weighted by atomic mass is 16.5. The molecule has 20 heavy (non-hydrogen) atoms. The molecule has 3 N–H and O–H groups in total. The van der Waals surface area contributed by atoms with E-state index in [1.165, 1.54) is 32.1 Å². The van der Waals surface area contributed by atoms with Crippen LogP contribution in [0.2, 0.25) is 0 Å². The Hall–Kier alpha value is -1.49. The molecule has 110 valence electrons. The van der Waals surface area contributed by atoms with Gasteiger partial charge in [0.15, 0.2) is 0 Å². The van der Waals surface area contributed by atoms with Gasteiger partial charge in [-0.1, -0.05) is 0 Å². The first-order valence-electron chi connectivity index (χ1n) is 7.54. The standard InChI is InChI=1S/C15H23N3O2/c16-13-6-7-14(17-15(13)20-10-11-4-5-11)18(8-9-19)12-2-1-3-12/h6-7,11-12,19H,1-5,8-10,16H2. The number of nitrogens with two attached hydrogens (primary N) is 1. The summed E-state index contributed by atoms with van der Waals surface area (Å²) in [5.74, 6) is 2.08. The minimum absolute atomic E-state index is 0.140. The predicted octanol–water partition coefficient (Wildman–Crippen LogP) is 1.80. The average Bonchev–Trinajstić information content (AvgIpc) is 3.19. The van der Waals surface area contributed by atoms with Crippen LogP contribution in [0.3, 0.4) is 0 Å². The van der Waals surface area contributed by atoms with Crippen molar-refractivity contribution in [3.05, 3.63) is 12.1 Å². The van der Waals surface area contributed by atoms with Crippen LogP contribution in [-0.2, 0) is 0 Å². The molecule has 2 fully saturated rings. The van der Waals surface area contributed by atoms with Gasteiger partial charge in [0.1, 0.15) is 5.82 Å². The fourth-order valence-electron chi connectivity index (χ4n) is 2.49. The second kappa shape index (κ2) is 5.87. The maximum Gasteiger partial charge on any atom is 0.239 e. The minimum Gasteiger partial charge on any atom is -0.476 e. The number of pyridine rings is 1. The van der Waals surface area contributed by atoms with E-state index < -0.39 is 0 Å². The molecule has 0 atom stereocenters. The summed E-state index contributed by atoms with van der Waals surface area (Å²) in [6.07, 6.45) is 6.10. The Morgan fingerprint density at radius 1 is 1.30 bits per heavy atom. The molecule has 5 nitrogen and oxygen atoms in total. The fraction of sp³-hybridized carbons (Fsp3) is 0.667. The van der Waals surface area contributed by atoms with Crippen LogP contribution < -0.4 is 15.4 Å². The van der Waals surface area contributed by atoms with Crippen LogP contribution in [0.4, 0.5) is 11.5 Å². The Kier molecular flexibility index (Phi) is 3.96. The number of ether oxygens (including phenoxy) is 1. The summed E-state index contributed by atoms with van der Waals surface area (Å²) < 4.78 is 5.74. The Bertz CT molecular complexity index is 458. The maximum absolute atomic E-state index is 9.25. The molecule has 0 unspecified atom stereocenters. The van der Waals surface area contributed by atoms with Crippen molar-refractivity contribution in [2.24, 2.45) is 5.92 Å². The summed E-state index contributed by atoms with van der Waals surface area (Å²) in [6.45, 7) is 1.47. The van der Waals surface area contributed by atoms with E-state index in [2.05, 4.69) is 9.88 Å². The molecule has 0 aliphatic heterocycles. The van der Waals surface area contributed by atoms with Gasteiger partial charge in [0, 0.05) is 12.6 Å². The summed E-state index contributed by atoms with van der Waals surface area (Å²) in [5, 5.41) is 9.25. The smallest absolute Gasteiger partial charge is 0.239 e. The number of hydrogen-bond acceptors (Lipinski definition) is 5. The largest absolute Gasteiger partial charge is 0.476 e. The number of aliphatic hydroxyl groups is 1. The van der Waals surface area contributed by atoms with Crippen LogP contribution in [0.5, 0.6) is 5.88 Å². The molecule has 0 spiro atoms. The molecule has 5 heteroatoms. The van der Waals surface area contributed by atoms with Gasteiger partial charge < -0.3 is 20.5 Å². The van der Waals surface area contributed by atoms with Gasteiger partial charge in [-0.25, -0.2) is 0 Å². The number of aliphatic hydroxyl groups excluding tert-OH is 1. The Labute approximate surface area is 119 Å². The molecule has 2 aliphatic rings. The molecule has 0 aromatic carbocycles. The molecule has 1 aromatic heterocycles. The van der Waals surface area contributed by atoms with Crippen molar-refractivity contribution in [1.29, 1.82) is 0 Å². The van der Waals surface area contributed by atoms with Crippen molar-refractivity contribution >= 4 is 11.5 Å². The second-order valence-electron chi connectivity index (χ2n) is 5.82. The molecule has 0 saturated heterocycles. The van der Waals surface area contributed by atoms with Crippen LogP contribution in [0, 0.1) is 5.92 Å². The third-order valence-corrected chi connectivity index (χ3v) is 4.18. The van der Waals surface area contributed by atoms with Crippen molar-refractivity contribution in [2.45, 2.75) is 38.1 Å². The quantitative estimate of drug-likeness (QED) is 0.795. The lowest BCUT2D eigenvalue weighted by Crippen LogP contribution is -2.42. The predicted molar refractivity (Wildman–Crippen MR) is 78.9 cm³/mol. The van der Waals surface area contributed by atoms with Crippen LogP contribution in [0.15, 0.2) is 12.1 Å². The molecule has 0 bridgehead atoms. The molecule has 1 heterocycles. The van der Waals surface area contributed by atoms with E-state index in [-0.39, 0.29) is 6.61 Å². The van der Waals surface area contributed by atoms with Crippen molar-refractivity contribution in [3.8, 4) is 5.88 Å². The van der Waals surface area contributed by atoms with Gasteiger partial charge in [-0.15, -0.1) is 0 Å². The number of nitrogens with zero attached hydrogens (tertiary/aromatic N) is 2. The van der Waals surface area contributed by atoms with E-state index in [1.807, 2.05) is 12.1 Å². The Morgan fingerprint density at radius 3 is 2.70 bits per heavy atom. The monoisotopic (exact) mass is 277 g/mol. The zero-order valence-electron chi connectivity index (χ0n) is 11.8. The van der Waals surface area contributed by atoms with E-state index >= 15 is 0 Å². The van der Waals surface area contributed by atoms with Gasteiger partial charge in [-0.2, -0.15) is 4.98 Å². The van der Waals surface area contributed by atoms with Gasteiger partial charge in [0.05, 0.1) is 18.9 Å². The lowest BCUT2D eigenvalue weighted by Gasteiger charge is -2.38. The third-order valence-electron chi connectivity index (χ3n) is 4.18. The van der Waals surface area contributed by atoms with E-state index in [0.717, 1.165) is 5.82 Å². The number of aromatic nitrogens is 1. The Balaban J connectivity index is 1.74. The van der Waals surface area contributed by atoms with Crippen LogP contribution >= 0.6 is 0 Å². The third kappa shape index (κ3) is 2.98. The lowest BCUT2D eigenvalue weighted by atomic mass is 9.91. The number of nitrogen functional groups attached to an aromatic ring is 1. The van der Waals surface area contributed by atoms with Gasteiger partial charge >= 0.3 is 0 Å². The summed E-state index contributed by atoms with van der Waals surface area (Å²) >= 11 is 0. The van der Waals surface area contributed by atoms with Gasteiger partial charge in [0.2, 0.25) is 5.88 Å². The van der Waals surface area contributed by atoms with Crippen molar-refractivity contribution < 1.29 is 9.84 Å². The van der Waals surface area contributed by atoms with E-state index in [4.69, 9.17) is 10.5 Å². The number of hydrogen-bond donors (Lipinski definition) is 2. The maximum atomic E-state index is 9.25. The topological polar surface area (TPSA) is 71.6 Å². The summed E-state index contributed by atoms with van der Waals surface area (Å²) in [6, 6.07) is 4.27. The fourth-order valence-corrected chi connectivity index (χ4v) is 2.49. The SMILES string of the molecule is Nc1ccc(N(CCO)C2CCC2)nc1OCC1CC1. The molecule has 1 aromatic rings. The van der Waals surface area contributed by atoms with Gasteiger partial charge in [-0.05, 0) is 50.2 Å². The van der Waals surface area contributed by atoms with E-state index in [1.54, 1.807) is 0 Å². The van der Waals surface area contributed by atoms with Gasteiger partial charge in [-0.3, -0.25) is 0 Å². The zero-order chi connectivity index (χ0) is 13.9. The summed E-state index contributed by atoms with van der Waals surface area (Å²) in [4.78, 5) is 6.74. The highest BCUT2D eigenvalue weighted by Gasteiger charge is 2.27. The highest BCUT2D eigenvalue weighted by molar-refractivity contribution is 5.55. The molecular formula is C15H23N3O2. The lowest BCUT2D eigenvalue weighted by molar-refractivity contribution is 0.279. The Morgan fingerprint density at radius 2 is 2.10 bits per heavy atom. The zero-order valence-corrected chi connectivity index (χ0v) is 11.8. The molecule has 2 saturated carbocycles. The minimum atomic E-state index is 0.140. The molecule has 0 amide bonds. The molecule has 3 rings (SSSR count). The van der Waals surface area contributed by atoms with Crippen LogP contribution in [0.25, 0.3) is 0 Å². The van der Waals surface area contributed by atoms with Crippen molar-refractivity contribution in [3.63, 3.8) is 0 Å². The first-order valence-corrected chi connectivity index (χ1v) is 7.54. The highest BCUT2D eigenvalue weighted by Crippen LogP contribution is 2.33. The van der Waals surface area contributed by atoms with E-state index in [9.17, 15) is 5.11 Å². The van der Waals surface area contributed by atoms with Crippen LogP contribution in [0.1, 0.15) is 32.1 Å². The first kappa shape index (κ1) is 13.5. The number of anilines is 2. The normalized spacial score (nSPS) is 18.6. The van der Waals surface area contributed by atoms with Crippen LogP contribution in [-0.4, -0.2) is 35.9 Å². The molecule has 2 aliphatic carbocycles. The van der Waals surface area contributed by atoms with Crippen molar-refractivity contribution in [2.75, 3.05) is 30.4 Å². The summed E-state index contributed by atoms with van der Waals surface area (Å²) in [7, 11) is 0. The van der Waals surface area contributed by atoms with E-state index in [0.29, 0.717) is 36.7 Å². The molecule has 0 radical (unpaired) electrons. The second-order valence-corrected chi connectivity index (χ2v) is 5.82. The summed E-state index contributed by atoms with van der Waals surface area (Å²) in [5.41, 5.74) is 6.53. The van der Waals surface area contributed by atoms with Crippen molar-refractivity contribution in [1.82, 2.24) is 4.98 Å². The molecular weight excluding hydrogens is 254 g/mol. The number of rotatable bonds is 7.